The van der Waals surface area contributed by atoms with Gasteiger partial charge in [0.25, 0.3) is 5.91 Å². The SMILES string of the molecule is CONC(=O)c1cc2c3ccccc3n(Cc3c(F)ccc(Cl)c3F)c2cn1. The van der Waals surface area contributed by atoms with Crippen molar-refractivity contribution in [3.05, 3.63) is 76.6 Å². The number of fused-ring (bicyclic) bond motifs is 3. The molecule has 142 valence electrons. The predicted octanol–water partition coefficient (Wildman–Crippen LogP) is 4.46. The highest BCUT2D eigenvalue weighted by molar-refractivity contribution is 6.30. The van der Waals surface area contributed by atoms with E-state index < -0.39 is 17.5 Å². The lowest BCUT2D eigenvalue weighted by Gasteiger charge is -2.10. The van der Waals surface area contributed by atoms with E-state index in [9.17, 15) is 13.6 Å². The molecule has 5 nitrogen and oxygen atoms in total. The number of nitrogens with zero attached hydrogens (tertiary/aromatic N) is 2. The Kier molecular flexibility index (Phi) is 4.70. The number of rotatable bonds is 4. The third kappa shape index (κ3) is 2.98. The number of aromatic nitrogens is 2. The van der Waals surface area contributed by atoms with Crippen LogP contribution in [0.2, 0.25) is 5.02 Å². The Balaban J connectivity index is 1.93. The van der Waals surface area contributed by atoms with E-state index in [0.29, 0.717) is 5.52 Å². The second-order valence-electron chi connectivity index (χ2n) is 6.15. The minimum atomic E-state index is -0.795. The van der Waals surface area contributed by atoms with Gasteiger partial charge in [-0.25, -0.2) is 19.2 Å². The second-order valence-corrected chi connectivity index (χ2v) is 6.55. The summed E-state index contributed by atoms with van der Waals surface area (Å²) in [6, 6.07) is 11.3. The maximum atomic E-state index is 14.4. The van der Waals surface area contributed by atoms with Crippen molar-refractivity contribution in [3.8, 4) is 0 Å². The van der Waals surface area contributed by atoms with Gasteiger partial charge < -0.3 is 4.57 Å². The average molecular weight is 402 g/mol. The van der Waals surface area contributed by atoms with Gasteiger partial charge in [0.05, 0.1) is 30.4 Å². The number of amides is 1. The Morgan fingerprint density at radius 3 is 2.75 bits per heavy atom. The Labute approximate surface area is 163 Å². The standard InChI is InChI=1S/C20H14ClF2N3O2/c1-28-25-20(27)16-8-12-11-4-2-3-5-17(11)26(18(12)9-24-16)10-13-15(22)7-6-14(21)19(13)23/h2-9H,10H2,1H3,(H,25,27). The zero-order valence-corrected chi connectivity index (χ0v) is 15.4. The van der Waals surface area contributed by atoms with Gasteiger partial charge in [-0.3, -0.25) is 9.63 Å². The summed E-state index contributed by atoms with van der Waals surface area (Å²) in [4.78, 5) is 20.8. The Morgan fingerprint density at radius 1 is 1.18 bits per heavy atom. The van der Waals surface area contributed by atoms with E-state index in [1.807, 2.05) is 24.3 Å². The number of benzene rings is 2. The molecule has 0 aliphatic heterocycles. The maximum Gasteiger partial charge on any atom is 0.293 e. The molecular formula is C20H14ClF2N3O2. The quantitative estimate of drug-likeness (QED) is 0.406. The molecule has 0 aliphatic carbocycles. The van der Waals surface area contributed by atoms with Crippen LogP contribution in [-0.2, 0) is 11.4 Å². The van der Waals surface area contributed by atoms with Crippen molar-refractivity contribution >= 4 is 39.3 Å². The van der Waals surface area contributed by atoms with Crippen LogP contribution in [0.25, 0.3) is 21.8 Å². The number of carbonyl (C=O) groups is 1. The topological polar surface area (TPSA) is 56.1 Å². The van der Waals surface area contributed by atoms with Crippen molar-refractivity contribution in [1.29, 1.82) is 0 Å². The average Bonchev–Trinajstić information content (AvgIpc) is 3.01. The molecule has 0 bridgehead atoms. The molecule has 1 amide bonds. The van der Waals surface area contributed by atoms with Crippen LogP contribution in [0.4, 0.5) is 8.78 Å². The molecule has 0 atom stereocenters. The van der Waals surface area contributed by atoms with E-state index >= 15 is 0 Å². The molecule has 0 radical (unpaired) electrons. The molecule has 2 heterocycles. The van der Waals surface area contributed by atoms with E-state index in [2.05, 4.69) is 15.3 Å². The number of halogens is 3. The highest BCUT2D eigenvalue weighted by Gasteiger charge is 2.18. The molecule has 0 spiro atoms. The summed E-state index contributed by atoms with van der Waals surface area (Å²) in [5.41, 5.74) is 3.63. The molecule has 28 heavy (non-hydrogen) atoms. The number of nitrogens with one attached hydrogen (secondary N) is 1. The van der Waals surface area contributed by atoms with Gasteiger partial charge in [0.2, 0.25) is 0 Å². The van der Waals surface area contributed by atoms with Crippen LogP contribution in [0.5, 0.6) is 0 Å². The third-order valence-corrected chi connectivity index (χ3v) is 4.83. The highest BCUT2D eigenvalue weighted by atomic mass is 35.5. The van der Waals surface area contributed by atoms with Crippen LogP contribution in [0.15, 0.2) is 48.7 Å². The minimum Gasteiger partial charge on any atom is -0.334 e. The molecule has 8 heteroatoms. The molecule has 4 aromatic rings. The number of hydroxylamine groups is 1. The maximum absolute atomic E-state index is 14.4. The summed E-state index contributed by atoms with van der Waals surface area (Å²) in [7, 11) is 1.33. The molecule has 2 aromatic carbocycles. The van der Waals surface area contributed by atoms with E-state index in [1.165, 1.54) is 19.4 Å². The Bertz CT molecular complexity index is 1220. The third-order valence-electron chi connectivity index (χ3n) is 4.54. The van der Waals surface area contributed by atoms with Crippen LogP contribution in [0, 0.1) is 11.6 Å². The smallest absolute Gasteiger partial charge is 0.293 e. The summed E-state index contributed by atoms with van der Waals surface area (Å²) in [6.45, 7) is -0.0759. The fraction of sp³-hybridized carbons (Fsp3) is 0.100. The first-order chi connectivity index (χ1) is 13.5. The van der Waals surface area contributed by atoms with Crippen molar-refractivity contribution in [1.82, 2.24) is 15.0 Å². The van der Waals surface area contributed by atoms with Crippen LogP contribution >= 0.6 is 11.6 Å². The predicted molar refractivity (Wildman–Crippen MR) is 102 cm³/mol. The second kappa shape index (κ2) is 7.18. The van der Waals surface area contributed by atoms with Gasteiger partial charge in [0, 0.05) is 21.9 Å². The Morgan fingerprint density at radius 2 is 1.96 bits per heavy atom. The van der Waals surface area contributed by atoms with E-state index in [4.69, 9.17) is 11.6 Å². The monoisotopic (exact) mass is 401 g/mol. The molecule has 0 fully saturated rings. The zero-order valence-electron chi connectivity index (χ0n) is 14.7. The summed E-state index contributed by atoms with van der Waals surface area (Å²) < 4.78 is 30.5. The van der Waals surface area contributed by atoms with E-state index in [-0.39, 0.29) is 22.8 Å². The van der Waals surface area contributed by atoms with Gasteiger partial charge in [-0.2, -0.15) is 0 Å². The van der Waals surface area contributed by atoms with Crippen LogP contribution in [-0.4, -0.2) is 22.6 Å². The van der Waals surface area contributed by atoms with Crippen molar-refractivity contribution in [2.75, 3.05) is 7.11 Å². The summed E-state index contributed by atoms with van der Waals surface area (Å²) in [5, 5.41) is 1.41. The molecule has 1 N–H and O–H groups in total. The molecule has 0 saturated heterocycles. The highest BCUT2D eigenvalue weighted by Crippen LogP contribution is 2.31. The molecule has 0 unspecified atom stereocenters. The van der Waals surface area contributed by atoms with Crippen LogP contribution in [0.3, 0.4) is 0 Å². The first kappa shape index (κ1) is 18.3. The van der Waals surface area contributed by atoms with Gasteiger partial charge in [-0.05, 0) is 24.3 Å². The normalized spacial score (nSPS) is 11.3. The first-order valence-corrected chi connectivity index (χ1v) is 8.71. The summed E-state index contributed by atoms with van der Waals surface area (Å²) in [5.74, 6) is -1.97. The van der Waals surface area contributed by atoms with Crippen molar-refractivity contribution < 1.29 is 18.4 Å². The fourth-order valence-electron chi connectivity index (χ4n) is 3.26. The van der Waals surface area contributed by atoms with Crippen molar-refractivity contribution in [2.24, 2.45) is 0 Å². The van der Waals surface area contributed by atoms with Crippen molar-refractivity contribution in [3.63, 3.8) is 0 Å². The largest absolute Gasteiger partial charge is 0.334 e. The molecule has 4 rings (SSSR count). The minimum absolute atomic E-state index is 0.0759. The summed E-state index contributed by atoms with van der Waals surface area (Å²) >= 11 is 5.83. The molecule has 2 aromatic heterocycles. The lowest BCUT2D eigenvalue weighted by Crippen LogP contribution is -2.22. The molecule has 0 aliphatic rings. The zero-order chi connectivity index (χ0) is 19.8. The van der Waals surface area contributed by atoms with Gasteiger partial charge in [-0.15, -0.1) is 0 Å². The van der Waals surface area contributed by atoms with E-state index in [0.717, 1.165) is 22.4 Å². The lowest BCUT2D eigenvalue weighted by atomic mass is 10.1. The molecular weight excluding hydrogens is 388 g/mol. The van der Waals surface area contributed by atoms with Crippen LogP contribution in [0.1, 0.15) is 16.1 Å². The fourth-order valence-corrected chi connectivity index (χ4v) is 3.43. The van der Waals surface area contributed by atoms with Gasteiger partial charge in [0.1, 0.15) is 17.3 Å². The number of hydrogen-bond donors (Lipinski definition) is 1. The lowest BCUT2D eigenvalue weighted by molar-refractivity contribution is 0.0532. The van der Waals surface area contributed by atoms with Gasteiger partial charge >= 0.3 is 0 Å². The number of para-hydroxylation sites is 1. The first-order valence-electron chi connectivity index (χ1n) is 8.34. The molecule has 0 saturated carbocycles. The Hall–Kier alpha value is -3.03. The number of pyridine rings is 1. The summed E-state index contributed by atoms with van der Waals surface area (Å²) in [6.07, 6.45) is 1.50. The number of hydrogen-bond acceptors (Lipinski definition) is 3. The van der Waals surface area contributed by atoms with Crippen molar-refractivity contribution in [2.45, 2.75) is 6.54 Å². The van der Waals surface area contributed by atoms with Crippen LogP contribution < -0.4 is 5.48 Å². The van der Waals surface area contributed by atoms with Gasteiger partial charge in [0.15, 0.2) is 0 Å². The van der Waals surface area contributed by atoms with E-state index in [1.54, 1.807) is 10.6 Å². The number of carbonyl (C=O) groups excluding carboxylic acids is 1. The van der Waals surface area contributed by atoms with Gasteiger partial charge in [-0.1, -0.05) is 29.8 Å².